The minimum absolute atomic E-state index is 0. The number of benzene rings is 4. The number of hydrogen-bond donors (Lipinski definition) is 6. The Hall–Kier alpha value is -5.95. The first kappa shape index (κ1) is 51.4. The molecule has 0 aliphatic carbocycles. The molecule has 0 saturated carbocycles. The van der Waals surface area contributed by atoms with Gasteiger partial charge in [-0.2, -0.15) is 19.6 Å². The topological polar surface area (TPSA) is 286 Å². The summed E-state index contributed by atoms with van der Waals surface area (Å²) in [5, 5.41) is 65.2. The zero-order chi connectivity index (χ0) is 45.5. The van der Waals surface area contributed by atoms with E-state index in [9.17, 15) is 37.3 Å². The molecule has 0 radical (unpaired) electrons. The van der Waals surface area contributed by atoms with Gasteiger partial charge in [0.2, 0.25) is 11.8 Å². The smallest absolute Gasteiger partial charge is 0.506 e. The number of nitrogens with zero attached hydrogens (tertiary/aromatic N) is 8. The fourth-order valence-electron chi connectivity index (χ4n) is 5.49. The molecule has 0 atom stereocenters. The number of hydrogen-bond acceptors (Lipinski definition) is 16. The fraction of sp³-hybridized carbons (Fsp3) is 0.286. The first-order chi connectivity index (χ1) is 29.6. The number of nitrogens with two attached hydrogens (primary N) is 2. The van der Waals surface area contributed by atoms with Crippen molar-refractivity contribution in [1.29, 1.82) is 0 Å². The zero-order valence-corrected chi connectivity index (χ0v) is 38.2. The summed E-state index contributed by atoms with van der Waals surface area (Å²) in [4.78, 5) is 0.0229. The molecule has 0 aliphatic rings. The fourth-order valence-corrected chi connectivity index (χ4v) is 7.29. The molecule has 0 spiro atoms. The van der Waals surface area contributed by atoms with Crippen molar-refractivity contribution in [3.63, 3.8) is 0 Å². The molecule has 0 fully saturated rings. The molecule has 0 aliphatic heterocycles. The molecule has 2 aromatic heterocycles. The van der Waals surface area contributed by atoms with Crippen LogP contribution in [0, 0.1) is 13.8 Å². The maximum absolute atomic E-state index is 11.9. The molecule has 6 rings (SSSR count). The molecular formula is C42H53CrN10O8S2+. The molecule has 0 bridgehead atoms. The largest absolute Gasteiger partial charge is 1.00 e. The average Bonchev–Trinajstić information content (AvgIpc) is 3.73. The van der Waals surface area contributed by atoms with Crippen molar-refractivity contribution in [3.8, 4) is 34.6 Å². The third-order valence-corrected chi connectivity index (χ3v) is 12.5. The van der Waals surface area contributed by atoms with E-state index in [0.29, 0.717) is 22.8 Å². The van der Waals surface area contributed by atoms with Gasteiger partial charge in [-0.3, -0.25) is 0 Å². The van der Waals surface area contributed by atoms with Crippen LogP contribution in [0.3, 0.4) is 0 Å². The summed E-state index contributed by atoms with van der Waals surface area (Å²) >= 11 is 0. The number of sulfone groups is 2. The summed E-state index contributed by atoms with van der Waals surface area (Å²) in [6.07, 6.45) is 4.79. The van der Waals surface area contributed by atoms with E-state index >= 15 is 0 Å². The van der Waals surface area contributed by atoms with Crippen LogP contribution >= 0.6 is 0 Å². The predicted octanol–water partition coefficient (Wildman–Crippen LogP) is 8.18. The molecule has 336 valence electrons. The zero-order valence-electron chi connectivity index (χ0n) is 36.3. The molecule has 18 nitrogen and oxygen atoms in total. The second-order valence-corrected chi connectivity index (χ2v) is 18.1. The Bertz CT molecular complexity index is 2520. The molecule has 0 unspecified atom stereocenters. The number of phenols is 2. The van der Waals surface area contributed by atoms with Crippen LogP contribution in [0.5, 0.6) is 23.3 Å². The number of para-hydroxylation sites is 2. The van der Waals surface area contributed by atoms with Crippen LogP contribution in [-0.2, 0) is 37.0 Å². The summed E-state index contributed by atoms with van der Waals surface area (Å²) in [6.45, 7) is 8.04. The van der Waals surface area contributed by atoms with E-state index in [4.69, 9.17) is 11.5 Å². The Morgan fingerprint density at radius 2 is 0.905 bits per heavy atom. The standard InChI is InChI=1S/2C18H18N4O4S.C6H16N2.Cr/c2*1-3-27(25,26)14-9-10-15(16(23)11-14)19-20-17-12(2)21-22(18(17)24)13-7-5-4-6-8-13;7-5-3-1-2-4-6-8;/h2*4-11,23-24H,3H2,1-2H3;1-8H2;/p+1. The average molecular weight is 942 g/mol. The van der Waals surface area contributed by atoms with E-state index in [1.54, 1.807) is 38.1 Å². The van der Waals surface area contributed by atoms with E-state index in [1.807, 2.05) is 36.4 Å². The van der Waals surface area contributed by atoms with Crippen molar-refractivity contribution in [1.82, 2.24) is 19.6 Å². The number of rotatable bonds is 15. The van der Waals surface area contributed by atoms with Crippen LogP contribution in [0.1, 0.15) is 52.3 Å². The van der Waals surface area contributed by atoms with Crippen molar-refractivity contribution in [2.45, 2.75) is 63.2 Å². The Morgan fingerprint density at radius 3 is 1.21 bits per heavy atom. The van der Waals surface area contributed by atoms with Gasteiger partial charge in [0.25, 0.3) is 0 Å². The van der Waals surface area contributed by atoms with Crippen molar-refractivity contribution in [2.24, 2.45) is 31.9 Å². The summed E-state index contributed by atoms with van der Waals surface area (Å²) in [7, 11) is -6.86. The van der Waals surface area contributed by atoms with Crippen LogP contribution in [0.4, 0.5) is 22.7 Å². The van der Waals surface area contributed by atoms with E-state index in [1.165, 1.54) is 60.3 Å². The van der Waals surface area contributed by atoms with Crippen LogP contribution in [0.2, 0.25) is 0 Å². The number of unbranched alkanes of at least 4 members (excludes halogenated alkanes) is 3. The third kappa shape index (κ3) is 13.8. The van der Waals surface area contributed by atoms with Gasteiger partial charge in [0, 0.05) is 29.5 Å². The Morgan fingerprint density at radius 1 is 0.556 bits per heavy atom. The Balaban J connectivity index is 0.000000367. The molecule has 0 amide bonds. The van der Waals surface area contributed by atoms with Gasteiger partial charge in [0.05, 0.1) is 44.1 Å². The molecule has 4 aromatic carbocycles. The van der Waals surface area contributed by atoms with Crippen molar-refractivity contribution in [2.75, 3.05) is 24.6 Å². The van der Waals surface area contributed by atoms with E-state index in [0.717, 1.165) is 38.1 Å². The van der Waals surface area contributed by atoms with Gasteiger partial charge >= 0.3 is 1.43 Å². The summed E-state index contributed by atoms with van der Waals surface area (Å²) in [5.74, 6) is -1.15. The van der Waals surface area contributed by atoms with Crippen molar-refractivity contribution < 1.29 is 56.0 Å². The van der Waals surface area contributed by atoms with Crippen LogP contribution in [0.25, 0.3) is 11.4 Å². The Labute approximate surface area is 379 Å². The number of phenolic OH excluding ortho intramolecular Hbond substituents is 2. The van der Waals surface area contributed by atoms with Crippen molar-refractivity contribution in [3.05, 3.63) is 108 Å². The second-order valence-electron chi connectivity index (χ2n) is 13.5. The first-order valence-electron chi connectivity index (χ1n) is 19.6. The van der Waals surface area contributed by atoms with Gasteiger partial charge in [-0.1, -0.05) is 63.1 Å². The molecular weight excluding hydrogens is 889 g/mol. The number of aromatic hydroxyl groups is 4. The van der Waals surface area contributed by atoms with Crippen LogP contribution in [-0.4, -0.2) is 81.4 Å². The summed E-state index contributed by atoms with van der Waals surface area (Å²) in [6, 6.07) is 25.8. The minimum Gasteiger partial charge on any atom is -0.506 e. The first-order valence-corrected chi connectivity index (χ1v) is 22.9. The van der Waals surface area contributed by atoms with Crippen LogP contribution < -0.4 is 11.5 Å². The van der Waals surface area contributed by atoms with Gasteiger partial charge in [-0.25, -0.2) is 16.8 Å². The molecule has 6 aromatic rings. The van der Waals surface area contributed by atoms with E-state index in [2.05, 4.69) is 30.7 Å². The number of aryl methyl sites for hydroxylation is 2. The van der Waals surface area contributed by atoms with E-state index < -0.39 is 19.7 Å². The predicted molar refractivity (Wildman–Crippen MR) is 238 cm³/mol. The van der Waals surface area contributed by atoms with E-state index in [-0.39, 0.29) is 86.1 Å². The van der Waals surface area contributed by atoms with Gasteiger partial charge in [-0.15, -0.1) is 20.5 Å². The summed E-state index contributed by atoms with van der Waals surface area (Å²) < 4.78 is 50.1. The van der Waals surface area contributed by atoms with Crippen molar-refractivity contribution >= 4 is 42.4 Å². The normalized spacial score (nSPS) is 11.5. The summed E-state index contributed by atoms with van der Waals surface area (Å²) in [5.41, 5.74) is 13.3. The maximum atomic E-state index is 11.9. The van der Waals surface area contributed by atoms with Gasteiger partial charge in [-0.05, 0) is 88.3 Å². The van der Waals surface area contributed by atoms with Gasteiger partial charge in [0.15, 0.2) is 31.0 Å². The molecule has 21 heteroatoms. The monoisotopic (exact) mass is 941 g/mol. The van der Waals surface area contributed by atoms with Gasteiger partial charge in [0.1, 0.15) is 22.9 Å². The van der Waals surface area contributed by atoms with Gasteiger partial charge < -0.3 is 31.9 Å². The third-order valence-electron chi connectivity index (χ3n) is 9.06. The number of azo groups is 2. The molecule has 2 heterocycles. The maximum Gasteiger partial charge on any atom is 1.00 e. The minimum atomic E-state index is -3.43. The molecule has 8 N–H and O–H groups in total. The Kier molecular flexibility index (Phi) is 19.6. The SMILES string of the molecule is CCS(=O)(=O)c1ccc(N=Nc2c(C)nn(-c3ccccc3)c2O)c(O)c1.CCS(=O)(=O)c1ccc(N=Nc2c(C)nn(-c3ccccc3)c2O)c(O)c1.NCCCCCCN.[Cr].[H+]. The second kappa shape index (κ2) is 24.0. The quantitative estimate of drug-likeness (QED) is 0.0420. The molecule has 0 saturated heterocycles. The molecule has 63 heavy (non-hydrogen) atoms. The van der Waals surface area contributed by atoms with Crippen LogP contribution in [0.15, 0.2) is 127 Å². The number of aromatic nitrogens is 4.